The van der Waals surface area contributed by atoms with Gasteiger partial charge in [0, 0.05) is 73.5 Å². The highest BCUT2D eigenvalue weighted by atomic mass is 16.5. The molecular weight excluding hydrogens is 1390 g/mol. The van der Waals surface area contributed by atoms with Crippen molar-refractivity contribution in [2.24, 2.45) is 0 Å². The SMILES string of the molecule is CC(C)c1cc2c3c(c1)N(c1c(-c4ccccc4)cccc1-c1ccccc1)c1cc4c5c(c1B3c1ccc(-c3ccccc3)cc1N2c1c(-c2ccccc2)cccc1-c1ccccc1)Oc1cc(-c2ccccc2)ccc1B5c1c(cc2c3c1Oc1ccc(-c5ccccc5)cc1B3c1cc(-c3ccccc3)ccc1O2)O4. The topological polar surface area (TPSA) is 43.4 Å². The van der Waals surface area contributed by atoms with Crippen LogP contribution in [0.1, 0.15) is 25.3 Å². The molecule has 0 amide bonds. The molecule has 0 saturated carbocycles. The number of ether oxygens (including phenoxy) is 4. The summed E-state index contributed by atoms with van der Waals surface area (Å²) in [6, 6.07) is 138. The van der Waals surface area contributed by atoms with E-state index in [1.807, 2.05) is 0 Å². The summed E-state index contributed by atoms with van der Waals surface area (Å²) in [7, 11) is 0. The summed E-state index contributed by atoms with van der Waals surface area (Å²) in [5.74, 6) is 5.90. The van der Waals surface area contributed by atoms with Crippen LogP contribution in [0.25, 0.3) is 89.0 Å². The van der Waals surface area contributed by atoms with E-state index in [2.05, 4.69) is 400 Å². The van der Waals surface area contributed by atoms with E-state index in [4.69, 9.17) is 18.9 Å². The number of hydrogen-bond donors (Lipinski definition) is 0. The van der Waals surface area contributed by atoms with Gasteiger partial charge in [-0.1, -0.05) is 341 Å². The third-order valence-corrected chi connectivity index (χ3v) is 24.3. The zero-order valence-electron chi connectivity index (χ0n) is 62.6. The molecule has 0 fully saturated rings. The third-order valence-electron chi connectivity index (χ3n) is 24.3. The lowest BCUT2D eigenvalue weighted by Gasteiger charge is -2.47. The van der Waals surface area contributed by atoms with Gasteiger partial charge in [0.2, 0.25) is 0 Å². The van der Waals surface area contributed by atoms with Crippen molar-refractivity contribution < 1.29 is 18.9 Å². The number of benzene rings is 17. The second kappa shape index (κ2) is 26.2. The van der Waals surface area contributed by atoms with Crippen molar-refractivity contribution in [1.82, 2.24) is 0 Å². The highest BCUT2D eigenvalue weighted by molar-refractivity contribution is 7.04. The number of nitrogens with zero attached hydrogens (tertiary/aromatic N) is 2. The maximum Gasteiger partial charge on any atom is 0.265 e. The van der Waals surface area contributed by atoms with Gasteiger partial charge in [-0.05, 0) is 147 Å². The minimum atomic E-state index is -0.499. The minimum Gasteiger partial charge on any atom is -0.459 e. The highest BCUT2D eigenvalue weighted by Gasteiger charge is 2.54. The maximum atomic E-state index is 8.31. The quantitative estimate of drug-likeness (QED) is 0.120. The molecule has 6 aliphatic rings. The first kappa shape index (κ1) is 65.6. The Balaban J connectivity index is 0.855. The van der Waals surface area contributed by atoms with Gasteiger partial charge in [0.25, 0.3) is 20.1 Å². The Morgan fingerprint density at radius 3 is 0.991 bits per heavy atom. The molecular formula is C105H69B3N2O4. The Bertz CT molecular complexity index is 6600. The van der Waals surface area contributed by atoms with Crippen LogP contribution in [0.3, 0.4) is 0 Å². The first-order valence-corrected chi connectivity index (χ1v) is 39.6. The summed E-state index contributed by atoms with van der Waals surface area (Å²) >= 11 is 0. The fourth-order valence-electron chi connectivity index (χ4n) is 19.1. The molecule has 6 heterocycles. The molecule has 17 aromatic carbocycles. The van der Waals surface area contributed by atoms with Gasteiger partial charge < -0.3 is 28.7 Å². The van der Waals surface area contributed by atoms with E-state index < -0.39 is 13.4 Å². The average Bonchev–Trinajstić information content (AvgIpc) is 0.673. The first-order chi connectivity index (χ1) is 56.4. The van der Waals surface area contributed by atoms with Crippen LogP contribution >= 0.6 is 0 Å². The van der Waals surface area contributed by atoms with Crippen LogP contribution in [-0.4, -0.2) is 20.1 Å². The van der Waals surface area contributed by atoms with E-state index >= 15 is 0 Å². The lowest BCUT2D eigenvalue weighted by atomic mass is 9.29. The third kappa shape index (κ3) is 10.3. The van der Waals surface area contributed by atoms with Crippen LogP contribution in [0.4, 0.5) is 34.1 Å². The van der Waals surface area contributed by atoms with E-state index in [-0.39, 0.29) is 12.6 Å². The molecule has 0 N–H and O–H groups in total. The van der Waals surface area contributed by atoms with E-state index in [0.29, 0.717) is 17.2 Å². The van der Waals surface area contributed by atoms with E-state index in [0.717, 1.165) is 201 Å². The average molecular weight is 1460 g/mol. The summed E-state index contributed by atoms with van der Waals surface area (Å²) in [5.41, 5.74) is 34.3. The van der Waals surface area contributed by atoms with Gasteiger partial charge in [-0.2, -0.15) is 0 Å². The van der Waals surface area contributed by atoms with Crippen LogP contribution < -0.4 is 77.9 Å². The predicted molar refractivity (Wildman–Crippen MR) is 473 cm³/mol. The van der Waals surface area contributed by atoms with Gasteiger partial charge in [-0.25, -0.2) is 0 Å². The van der Waals surface area contributed by atoms with Crippen molar-refractivity contribution in [3.63, 3.8) is 0 Å². The van der Waals surface area contributed by atoms with Crippen LogP contribution in [0.2, 0.25) is 0 Å². The molecule has 23 rings (SSSR count). The zero-order valence-corrected chi connectivity index (χ0v) is 62.6. The number of rotatable bonds is 11. The molecule has 532 valence electrons. The van der Waals surface area contributed by atoms with Gasteiger partial charge in [-0.15, -0.1) is 0 Å². The van der Waals surface area contributed by atoms with E-state index in [1.54, 1.807) is 0 Å². The molecule has 0 bridgehead atoms. The summed E-state index contributed by atoms with van der Waals surface area (Å²) in [6.45, 7) is 3.42. The Kier molecular flexibility index (Phi) is 15.1. The van der Waals surface area contributed by atoms with Gasteiger partial charge in [0.05, 0.1) is 11.4 Å². The molecule has 0 aromatic heterocycles. The van der Waals surface area contributed by atoms with Crippen molar-refractivity contribution in [2.45, 2.75) is 19.8 Å². The van der Waals surface area contributed by atoms with Crippen molar-refractivity contribution in [1.29, 1.82) is 0 Å². The van der Waals surface area contributed by atoms with Crippen LogP contribution in [0.15, 0.2) is 376 Å². The molecule has 6 aliphatic heterocycles. The maximum absolute atomic E-state index is 8.31. The Morgan fingerprint density at radius 2 is 0.544 bits per heavy atom. The molecule has 0 saturated heterocycles. The smallest absolute Gasteiger partial charge is 0.265 e. The molecule has 0 aliphatic carbocycles. The van der Waals surface area contributed by atoms with Crippen molar-refractivity contribution >= 4 is 103 Å². The molecule has 0 spiro atoms. The highest BCUT2D eigenvalue weighted by Crippen LogP contribution is 2.56. The number of anilines is 6. The first-order valence-electron chi connectivity index (χ1n) is 39.6. The molecule has 114 heavy (non-hydrogen) atoms. The second-order valence-electron chi connectivity index (χ2n) is 30.9. The van der Waals surface area contributed by atoms with Crippen LogP contribution in [-0.2, 0) is 0 Å². The number of para-hydroxylation sites is 2. The van der Waals surface area contributed by atoms with Gasteiger partial charge >= 0.3 is 0 Å². The standard InChI is InChI=1S/C105H69B3N2O4/c1-65(2)78-60-88-97-89(61-78)110(103-81(72-41-23-9-24-42-72)47-28-48-82(103)73-43-25-10-26-44-73)90-63-94-100-104(98(90)107(97)83-53-49-76(68-33-15-5-16-34-68)59-87(83)109(88)102-79(70-37-19-7-20-38-70)45-27-46-80(102)71-39-21-8-22-40-71)114-93-62-77(69-35-17-6-18-36-69)50-54-84(93)108(100)101-96(112-94)64-95-99-105(101)113-92-56-52-75(67-31-13-4-14-32-67)58-86(92)106(99)85-57-74(51-55-91(85)111-95)66-29-11-3-12-30-66/h3-65H,1-2H3. The molecule has 17 aromatic rings. The predicted octanol–water partition coefficient (Wildman–Crippen LogP) is 21.7. The van der Waals surface area contributed by atoms with E-state index in [9.17, 15) is 0 Å². The van der Waals surface area contributed by atoms with E-state index in [1.165, 1.54) is 5.56 Å². The van der Waals surface area contributed by atoms with Gasteiger partial charge in [0.15, 0.2) is 0 Å². The summed E-state index contributed by atoms with van der Waals surface area (Å²) in [6.07, 6.45) is 0. The fourth-order valence-corrected chi connectivity index (χ4v) is 19.1. The molecule has 0 atom stereocenters. The lowest BCUT2D eigenvalue weighted by Crippen LogP contribution is -2.66. The Hall–Kier alpha value is -14.3. The van der Waals surface area contributed by atoms with Crippen molar-refractivity contribution in [3.05, 3.63) is 382 Å². The monoisotopic (exact) mass is 1450 g/mol. The Labute approximate surface area is 664 Å². The molecule has 6 nitrogen and oxygen atoms in total. The number of fused-ring (bicyclic) bond motifs is 14. The molecule has 0 radical (unpaired) electrons. The fraction of sp³-hybridized carbons (Fsp3) is 0.0286. The Morgan fingerprint density at radius 1 is 0.211 bits per heavy atom. The lowest BCUT2D eigenvalue weighted by molar-refractivity contribution is 0.443. The van der Waals surface area contributed by atoms with Gasteiger partial charge in [-0.3, -0.25) is 0 Å². The molecule has 0 unspecified atom stereocenters. The zero-order chi connectivity index (χ0) is 75.2. The van der Waals surface area contributed by atoms with Gasteiger partial charge in [0.1, 0.15) is 46.0 Å². The molecule has 9 heteroatoms. The second-order valence-corrected chi connectivity index (χ2v) is 30.9. The summed E-state index contributed by atoms with van der Waals surface area (Å²) in [4.78, 5) is 5.26. The van der Waals surface area contributed by atoms with Crippen molar-refractivity contribution in [3.8, 4) is 135 Å². The normalized spacial score (nSPS) is 13.1. The number of hydrogen-bond acceptors (Lipinski definition) is 6. The van der Waals surface area contributed by atoms with Crippen LogP contribution in [0, 0.1) is 0 Å². The minimum absolute atomic E-state index is 0.0822. The summed E-state index contributed by atoms with van der Waals surface area (Å²) < 4.78 is 31.6. The summed E-state index contributed by atoms with van der Waals surface area (Å²) in [5, 5.41) is 0. The largest absolute Gasteiger partial charge is 0.459 e. The van der Waals surface area contributed by atoms with Crippen LogP contribution in [0.5, 0.6) is 46.0 Å². The van der Waals surface area contributed by atoms with Crippen molar-refractivity contribution in [2.75, 3.05) is 9.80 Å².